The Hall–Kier alpha value is -2.82. The van der Waals surface area contributed by atoms with Gasteiger partial charge in [-0.05, 0) is 35.5 Å². The van der Waals surface area contributed by atoms with Crippen LogP contribution in [0.3, 0.4) is 0 Å². The molecule has 0 fully saturated rings. The van der Waals surface area contributed by atoms with Crippen molar-refractivity contribution in [2.45, 2.75) is 5.92 Å². The largest absolute Gasteiger partial charge is 0.480 e. The molecule has 0 amide bonds. The molecule has 0 radical (unpaired) electrons. The van der Waals surface area contributed by atoms with Crippen molar-refractivity contribution in [2.24, 2.45) is 0 Å². The van der Waals surface area contributed by atoms with Crippen LogP contribution in [-0.4, -0.2) is 29.3 Å². The van der Waals surface area contributed by atoms with E-state index in [0.717, 1.165) is 16.5 Å². The van der Waals surface area contributed by atoms with Crippen LogP contribution in [0.2, 0.25) is 0 Å². The third-order valence-electron chi connectivity index (χ3n) is 3.60. The van der Waals surface area contributed by atoms with E-state index in [4.69, 9.17) is 4.74 Å². The highest BCUT2D eigenvalue weighted by molar-refractivity contribution is 5.84. The maximum absolute atomic E-state index is 5.24. The summed E-state index contributed by atoms with van der Waals surface area (Å²) >= 11 is 0. The van der Waals surface area contributed by atoms with Crippen LogP contribution in [-0.2, 0) is 0 Å². The summed E-state index contributed by atoms with van der Waals surface area (Å²) in [5, 5.41) is 11.2. The molecule has 0 aliphatic rings. The van der Waals surface area contributed by atoms with Crippen molar-refractivity contribution in [3.63, 3.8) is 0 Å². The highest BCUT2D eigenvalue weighted by atomic mass is 16.5. The van der Waals surface area contributed by atoms with Crippen molar-refractivity contribution in [3.8, 4) is 5.88 Å². The Morgan fingerprint density at radius 3 is 2.91 bits per heavy atom. The van der Waals surface area contributed by atoms with Gasteiger partial charge in [0.25, 0.3) is 0 Å². The number of aromatic nitrogens is 3. The second-order valence-electron chi connectivity index (χ2n) is 4.95. The Kier molecular flexibility index (Phi) is 4.05. The van der Waals surface area contributed by atoms with Gasteiger partial charge in [-0.2, -0.15) is 0 Å². The van der Waals surface area contributed by atoms with Gasteiger partial charge in [0.1, 0.15) is 0 Å². The van der Waals surface area contributed by atoms with Crippen LogP contribution in [0.25, 0.3) is 10.9 Å². The average Bonchev–Trinajstić information content (AvgIpc) is 2.98. The van der Waals surface area contributed by atoms with Gasteiger partial charge < -0.3 is 10.1 Å². The lowest BCUT2D eigenvalue weighted by atomic mass is 9.92. The third kappa shape index (κ3) is 2.65. The summed E-state index contributed by atoms with van der Waals surface area (Å²) in [5.74, 6) is 0.741. The predicted octanol–water partition coefficient (Wildman–Crippen LogP) is 2.83. The Balaban J connectivity index is 2.06. The monoisotopic (exact) mass is 294 g/mol. The summed E-state index contributed by atoms with van der Waals surface area (Å²) in [5.41, 5.74) is 3.26. The number of fused-ring (bicyclic) bond motifs is 1. The van der Waals surface area contributed by atoms with Crippen molar-refractivity contribution in [2.75, 3.05) is 14.2 Å². The molecule has 5 nitrogen and oxygen atoms in total. The molecule has 2 heterocycles. The molecule has 112 valence electrons. The summed E-state index contributed by atoms with van der Waals surface area (Å²) in [6.45, 7) is 0. The van der Waals surface area contributed by atoms with E-state index in [2.05, 4.69) is 44.8 Å². The minimum atomic E-state index is 0.125. The van der Waals surface area contributed by atoms with Crippen molar-refractivity contribution in [1.29, 1.82) is 0 Å². The molecule has 0 aliphatic carbocycles. The molecule has 1 aromatic carbocycles. The molecule has 2 N–H and O–H groups in total. The van der Waals surface area contributed by atoms with Gasteiger partial charge in [0.15, 0.2) is 0 Å². The zero-order valence-electron chi connectivity index (χ0n) is 12.6. The molecule has 3 aromatic rings. The minimum Gasteiger partial charge on any atom is -0.480 e. The molecular formula is C17H18N4O. The lowest BCUT2D eigenvalue weighted by molar-refractivity contribution is 0.401. The van der Waals surface area contributed by atoms with E-state index < -0.39 is 0 Å². The Morgan fingerprint density at radius 2 is 2.18 bits per heavy atom. The zero-order valence-corrected chi connectivity index (χ0v) is 12.6. The molecule has 1 unspecified atom stereocenters. The molecule has 5 heteroatoms. The molecule has 22 heavy (non-hydrogen) atoms. The minimum absolute atomic E-state index is 0.125. The molecule has 0 bridgehead atoms. The van der Waals surface area contributed by atoms with Gasteiger partial charge in [0.2, 0.25) is 5.88 Å². The number of methoxy groups -OCH3 is 1. The Morgan fingerprint density at radius 1 is 1.27 bits per heavy atom. The van der Waals surface area contributed by atoms with Gasteiger partial charge in [-0.1, -0.05) is 18.2 Å². The number of ether oxygens (including phenoxy) is 1. The first-order valence-electron chi connectivity index (χ1n) is 7.09. The second-order valence-corrected chi connectivity index (χ2v) is 4.95. The van der Waals surface area contributed by atoms with Crippen molar-refractivity contribution >= 4 is 10.9 Å². The van der Waals surface area contributed by atoms with E-state index in [1.807, 2.05) is 31.6 Å². The first kappa shape index (κ1) is 14.1. The highest BCUT2D eigenvalue weighted by Gasteiger charge is 2.14. The van der Waals surface area contributed by atoms with Gasteiger partial charge in [-0.3, -0.25) is 10.1 Å². The second kappa shape index (κ2) is 6.30. The number of pyridine rings is 1. The fraction of sp³-hybridized carbons (Fsp3) is 0.176. The van der Waals surface area contributed by atoms with Gasteiger partial charge in [0.05, 0.1) is 18.0 Å². The molecule has 0 saturated heterocycles. The normalized spacial score (nSPS) is 12.6. The highest BCUT2D eigenvalue weighted by Crippen LogP contribution is 2.30. The van der Waals surface area contributed by atoms with E-state index in [1.54, 1.807) is 13.3 Å². The van der Waals surface area contributed by atoms with Crippen LogP contribution in [0.4, 0.5) is 0 Å². The standard InChI is InChI=1S/C17H18N4O/c1-18-9-7-14(13-4-3-8-19-11-13)12-5-6-15-16(10-12)20-21-17(15)22-2/h3-11,14,18H,1-2H3,(H,20,21)/b9-7-. The lowest BCUT2D eigenvalue weighted by Gasteiger charge is -2.13. The summed E-state index contributed by atoms with van der Waals surface area (Å²) in [6.07, 6.45) is 7.73. The molecule has 0 saturated carbocycles. The fourth-order valence-corrected chi connectivity index (χ4v) is 2.53. The summed E-state index contributed by atoms with van der Waals surface area (Å²) in [6, 6.07) is 10.3. The number of nitrogens with one attached hydrogen (secondary N) is 2. The number of hydrogen-bond donors (Lipinski definition) is 2. The van der Waals surface area contributed by atoms with E-state index in [1.165, 1.54) is 5.56 Å². The first-order chi connectivity index (χ1) is 10.8. The third-order valence-corrected chi connectivity index (χ3v) is 3.60. The number of aromatic amines is 1. The first-order valence-corrected chi connectivity index (χ1v) is 7.09. The van der Waals surface area contributed by atoms with Crippen molar-refractivity contribution in [1.82, 2.24) is 20.5 Å². The van der Waals surface area contributed by atoms with Crippen molar-refractivity contribution < 1.29 is 4.74 Å². The van der Waals surface area contributed by atoms with Gasteiger partial charge in [-0.25, -0.2) is 0 Å². The maximum Gasteiger partial charge on any atom is 0.240 e. The number of nitrogens with zero attached hydrogens (tertiary/aromatic N) is 2. The van der Waals surface area contributed by atoms with Crippen LogP contribution < -0.4 is 10.1 Å². The van der Waals surface area contributed by atoms with Gasteiger partial charge in [0, 0.05) is 25.4 Å². The molecule has 0 spiro atoms. The Labute approximate surface area is 129 Å². The smallest absolute Gasteiger partial charge is 0.240 e. The van der Waals surface area contributed by atoms with Crippen LogP contribution in [0.15, 0.2) is 55.0 Å². The molecule has 1 atom stereocenters. The van der Waals surface area contributed by atoms with E-state index in [9.17, 15) is 0 Å². The van der Waals surface area contributed by atoms with E-state index in [0.29, 0.717) is 5.88 Å². The zero-order chi connectivity index (χ0) is 15.4. The molecule has 3 rings (SSSR count). The molecule has 0 aliphatic heterocycles. The van der Waals surface area contributed by atoms with Crippen LogP contribution in [0.5, 0.6) is 5.88 Å². The summed E-state index contributed by atoms with van der Waals surface area (Å²) in [7, 11) is 3.51. The SMILES string of the molecule is CN/C=C\C(c1cccnc1)c1ccc2c(OC)n[nH]c2c1. The fourth-order valence-electron chi connectivity index (χ4n) is 2.53. The molecular weight excluding hydrogens is 276 g/mol. The number of H-pyrrole nitrogens is 1. The predicted molar refractivity (Wildman–Crippen MR) is 86.9 cm³/mol. The summed E-state index contributed by atoms with van der Waals surface area (Å²) < 4.78 is 5.24. The van der Waals surface area contributed by atoms with Crippen LogP contribution in [0, 0.1) is 0 Å². The number of rotatable bonds is 5. The number of benzene rings is 1. The van der Waals surface area contributed by atoms with Gasteiger partial charge >= 0.3 is 0 Å². The van der Waals surface area contributed by atoms with Gasteiger partial charge in [-0.15, -0.1) is 5.10 Å². The quantitative estimate of drug-likeness (QED) is 0.759. The lowest BCUT2D eigenvalue weighted by Crippen LogP contribution is -2.01. The maximum atomic E-state index is 5.24. The van der Waals surface area contributed by atoms with E-state index in [-0.39, 0.29) is 5.92 Å². The number of hydrogen-bond acceptors (Lipinski definition) is 4. The molecule has 2 aromatic heterocycles. The average molecular weight is 294 g/mol. The number of allylic oxidation sites excluding steroid dienone is 1. The van der Waals surface area contributed by atoms with Crippen molar-refractivity contribution in [3.05, 3.63) is 66.1 Å². The van der Waals surface area contributed by atoms with Crippen LogP contribution >= 0.6 is 0 Å². The topological polar surface area (TPSA) is 62.8 Å². The van der Waals surface area contributed by atoms with E-state index >= 15 is 0 Å². The van der Waals surface area contributed by atoms with Crippen LogP contribution in [0.1, 0.15) is 17.0 Å². The Bertz CT molecular complexity index is 780. The summed E-state index contributed by atoms with van der Waals surface area (Å²) in [4.78, 5) is 4.22.